The molecule has 0 spiro atoms. The number of piperazine rings is 1. The lowest BCUT2D eigenvalue weighted by atomic mass is 10.2. The van der Waals surface area contributed by atoms with Crippen LogP contribution in [0.4, 0.5) is 5.82 Å². The van der Waals surface area contributed by atoms with E-state index in [2.05, 4.69) is 33.5 Å². The van der Waals surface area contributed by atoms with Gasteiger partial charge in [0.2, 0.25) is 5.91 Å². The highest BCUT2D eigenvalue weighted by atomic mass is 32.1. The van der Waals surface area contributed by atoms with Gasteiger partial charge in [0.1, 0.15) is 5.82 Å². The molecule has 2 heterocycles. The summed E-state index contributed by atoms with van der Waals surface area (Å²) < 4.78 is 5.84. The minimum Gasteiger partial charge on any atom is -0.352 e. The maximum atomic E-state index is 12.1. The van der Waals surface area contributed by atoms with Gasteiger partial charge in [0.05, 0.1) is 4.70 Å². The molecule has 0 radical (unpaired) electrons. The van der Waals surface area contributed by atoms with Crippen molar-refractivity contribution < 1.29 is 4.79 Å². The molecule has 4 nitrogen and oxygen atoms in total. The molecule has 4 rings (SSSR count). The minimum atomic E-state index is 0.335. The van der Waals surface area contributed by atoms with E-state index in [4.69, 9.17) is 0 Å². The number of hydrogen-bond acceptors (Lipinski definition) is 4. The Hall–Kier alpha value is -1.62. The van der Waals surface area contributed by atoms with Crippen LogP contribution < -0.4 is 4.90 Å². The molecule has 2 aromatic rings. The van der Waals surface area contributed by atoms with E-state index in [9.17, 15) is 4.79 Å². The molecular weight excluding hydrogens is 270 g/mol. The van der Waals surface area contributed by atoms with Crippen LogP contribution in [-0.4, -0.2) is 41.4 Å². The molecule has 0 atom stereocenters. The number of aromatic nitrogens is 1. The third-order valence-corrected chi connectivity index (χ3v) is 4.99. The number of carbonyl (C=O) groups is 1. The lowest BCUT2D eigenvalue weighted by Gasteiger charge is -2.35. The third-order valence-electron chi connectivity index (χ3n) is 4.18. The Kier molecular flexibility index (Phi) is 2.88. The highest BCUT2D eigenvalue weighted by Gasteiger charge is 2.34. The molecule has 0 bridgehead atoms. The van der Waals surface area contributed by atoms with Crippen LogP contribution in [0.25, 0.3) is 10.1 Å². The van der Waals surface area contributed by atoms with Crippen molar-refractivity contribution in [2.45, 2.75) is 12.8 Å². The first-order chi connectivity index (χ1) is 9.83. The zero-order valence-corrected chi connectivity index (χ0v) is 12.1. The maximum Gasteiger partial charge on any atom is 0.225 e. The summed E-state index contributed by atoms with van der Waals surface area (Å²) in [6.07, 6.45) is 2.19. The molecule has 1 aliphatic heterocycles. The van der Waals surface area contributed by atoms with E-state index in [1.807, 2.05) is 4.90 Å². The zero-order valence-electron chi connectivity index (χ0n) is 11.3. The highest BCUT2D eigenvalue weighted by Crippen LogP contribution is 2.33. The summed E-state index contributed by atoms with van der Waals surface area (Å²) in [7, 11) is 0. The monoisotopic (exact) mass is 287 g/mol. The first-order valence-electron chi connectivity index (χ1n) is 7.21. The number of hydrogen-bond donors (Lipinski definition) is 0. The summed E-state index contributed by atoms with van der Waals surface area (Å²) in [5, 5.41) is 1.24. The van der Waals surface area contributed by atoms with E-state index >= 15 is 0 Å². The summed E-state index contributed by atoms with van der Waals surface area (Å²) in [6.45, 7) is 3.46. The summed E-state index contributed by atoms with van der Waals surface area (Å²) in [5.41, 5.74) is 0. The molecule has 1 saturated heterocycles. The Labute approximate surface area is 122 Å². The Morgan fingerprint density at radius 2 is 1.90 bits per heavy atom. The Bertz CT molecular complexity index is 641. The standard InChI is InChI=1S/C15H17N3OS/c19-15(11-5-6-11)18-9-7-17(8-10-18)14-12-3-1-2-4-13(12)20-16-14/h1-4,11H,5-10H2. The van der Waals surface area contributed by atoms with Gasteiger partial charge in [0, 0.05) is 37.5 Å². The van der Waals surface area contributed by atoms with Gasteiger partial charge in [-0.3, -0.25) is 4.79 Å². The topological polar surface area (TPSA) is 36.4 Å². The van der Waals surface area contributed by atoms with E-state index in [0.29, 0.717) is 11.8 Å². The third kappa shape index (κ3) is 2.06. The molecule has 5 heteroatoms. The molecule has 1 saturated carbocycles. The molecule has 20 heavy (non-hydrogen) atoms. The quantitative estimate of drug-likeness (QED) is 0.851. The van der Waals surface area contributed by atoms with E-state index in [1.165, 1.54) is 10.1 Å². The minimum absolute atomic E-state index is 0.335. The van der Waals surface area contributed by atoms with Gasteiger partial charge in [-0.1, -0.05) is 12.1 Å². The summed E-state index contributed by atoms with van der Waals surface area (Å²) in [4.78, 5) is 16.4. The second kappa shape index (κ2) is 4.74. The summed E-state index contributed by atoms with van der Waals surface area (Å²) >= 11 is 1.56. The van der Waals surface area contributed by atoms with Gasteiger partial charge in [-0.25, -0.2) is 0 Å². The van der Waals surface area contributed by atoms with Gasteiger partial charge in [0.25, 0.3) is 0 Å². The van der Waals surface area contributed by atoms with Crippen LogP contribution in [0.1, 0.15) is 12.8 Å². The van der Waals surface area contributed by atoms with Gasteiger partial charge in [-0.05, 0) is 36.5 Å². The van der Waals surface area contributed by atoms with Crippen LogP contribution in [0.2, 0.25) is 0 Å². The molecule has 104 valence electrons. The smallest absolute Gasteiger partial charge is 0.225 e. The molecule has 2 aliphatic rings. The summed E-state index contributed by atoms with van der Waals surface area (Å²) in [5.74, 6) is 1.79. The predicted octanol–water partition coefficient (Wildman–Crippen LogP) is 2.35. The Morgan fingerprint density at radius 3 is 2.65 bits per heavy atom. The molecule has 1 aliphatic carbocycles. The number of rotatable bonds is 2. The fraction of sp³-hybridized carbons (Fsp3) is 0.467. The molecule has 1 aromatic heterocycles. The van der Waals surface area contributed by atoms with Crippen molar-refractivity contribution in [3.05, 3.63) is 24.3 Å². The van der Waals surface area contributed by atoms with Crippen molar-refractivity contribution in [1.29, 1.82) is 0 Å². The number of anilines is 1. The lowest BCUT2D eigenvalue weighted by Crippen LogP contribution is -2.49. The van der Waals surface area contributed by atoms with Gasteiger partial charge in [-0.2, -0.15) is 4.37 Å². The number of fused-ring (bicyclic) bond motifs is 1. The van der Waals surface area contributed by atoms with E-state index in [1.54, 1.807) is 11.5 Å². The van der Waals surface area contributed by atoms with Crippen LogP contribution in [0.5, 0.6) is 0 Å². The second-order valence-electron chi connectivity index (χ2n) is 5.59. The normalized spacial score (nSPS) is 19.6. The SMILES string of the molecule is O=C(C1CC1)N1CCN(c2nsc3ccccc23)CC1. The molecule has 1 amide bonds. The van der Waals surface area contributed by atoms with E-state index < -0.39 is 0 Å². The average Bonchev–Trinajstić information content (AvgIpc) is 3.26. The number of nitrogens with zero attached hydrogens (tertiary/aromatic N) is 3. The summed E-state index contributed by atoms with van der Waals surface area (Å²) in [6, 6.07) is 8.36. The van der Waals surface area contributed by atoms with Gasteiger partial charge in [-0.15, -0.1) is 0 Å². The molecule has 0 unspecified atom stereocenters. The van der Waals surface area contributed by atoms with Crippen LogP contribution in [0.3, 0.4) is 0 Å². The average molecular weight is 287 g/mol. The Morgan fingerprint density at radius 1 is 1.15 bits per heavy atom. The first kappa shape index (κ1) is 12.1. The largest absolute Gasteiger partial charge is 0.352 e. The van der Waals surface area contributed by atoms with Crippen LogP contribution >= 0.6 is 11.5 Å². The van der Waals surface area contributed by atoms with Crippen LogP contribution in [0.15, 0.2) is 24.3 Å². The van der Waals surface area contributed by atoms with E-state index in [-0.39, 0.29) is 0 Å². The van der Waals surface area contributed by atoms with Crippen molar-refractivity contribution >= 4 is 33.3 Å². The van der Waals surface area contributed by atoms with Crippen molar-refractivity contribution in [2.24, 2.45) is 5.92 Å². The number of amides is 1. The fourth-order valence-corrected chi connectivity index (χ4v) is 3.62. The molecule has 0 N–H and O–H groups in total. The number of carbonyl (C=O) groups excluding carboxylic acids is 1. The van der Waals surface area contributed by atoms with Crippen LogP contribution in [-0.2, 0) is 4.79 Å². The molecule has 2 fully saturated rings. The maximum absolute atomic E-state index is 12.1. The predicted molar refractivity (Wildman–Crippen MR) is 81.1 cm³/mol. The van der Waals surface area contributed by atoms with Gasteiger partial charge >= 0.3 is 0 Å². The highest BCUT2D eigenvalue weighted by molar-refractivity contribution is 7.13. The zero-order chi connectivity index (χ0) is 13.5. The fourth-order valence-electron chi connectivity index (χ4n) is 2.83. The van der Waals surface area contributed by atoms with E-state index in [0.717, 1.165) is 44.8 Å². The van der Waals surface area contributed by atoms with Gasteiger partial charge in [0.15, 0.2) is 0 Å². The lowest BCUT2D eigenvalue weighted by molar-refractivity contribution is -0.132. The van der Waals surface area contributed by atoms with Crippen molar-refractivity contribution in [2.75, 3.05) is 31.1 Å². The number of benzene rings is 1. The van der Waals surface area contributed by atoms with Crippen molar-refractivity contribution in [1.82, 2.24) is 9.27 Å². The van der Waals surface area contributed by atoms with Crippen molar-refractivity contribution in [3.63, 3.8) is 0 Å². The first-order valence-corrected chi connectivity index (χ1v) is 7.98. The Balaban J connectivity index is 1.50. The second-order valence-corrected chi connectivity index (χ2v) is 6.39. The molecular formula is C15H17N3OS. The van der Waals surface area contributed by atoms with Crippen LogP contribution in [0, 0.1) is 5.92 Å². The van der Waals surface area contributed by atoms with Gasteiger partial charge < -0.3 is 9.80 Å². The molecule has 1 aromatic carbocycles. The van der Waals surface area contributed by atoms with Crippen molar-refractivity contribution in [3.8, 4) is 0 Å².